The van der Waals surface area contributed by atoms with Crippen molar-refractivity contribution in [3.8, 4) is 5.75 Å². The van der Waals surface area contributed by atoms with E-state index in [1.54, 1.807) is 18.2 Å². The van der Waals surface area contributed by atoms with Gasteiger partial charge in [0.25, 0.3) is 11.8 Å². The number of alkyl halides is 2. The Morgan fingerprint density at radius 2 is 1.73 bits per heavy atom. The number of hydrogen-bond donors (Lipinski definition) is 1. The number of carbonyl (C=O) groups is 3. The lowest BCUT2D eigenvalue weighted by molar-refractivity contribution is -0.123. The Balaban J connectivity index is 1.85. The summed E-state index contributed by atoms with van der Waals surface area (Å²) in [6.45, 7) is -3.61. The van der Waals surface area contributed by atoms with Gasteiger partial charge in [-0.25, -0.2) is 4.79 Å². The molecule has 0 radical (unpaired) electrons. The lowest BCUT2D eigenvalue weighted by Gasteiger charge is -2.07. The lowest BCUT2D eigenvalue weighted by atomic mass is 10.2. The number of amides is 2. The summed E-state index contributed by atoms with van der Waals surface area (Å²) < 4.78 is 33.9. The highest BCUT2D eigenvalue weighted by Crippen LogP contribution is 2.15. The van der Waals surface area contributed by atoms with Gasteiger partial charge in [-0.05, 0) is 65.1 Å². The Hall–Kier alpha value is -2.56. The number of esters is 1. The Labute approximate surface area is 160 Å². The number of halogens is 3. The van der Waals surface area contributed by atoms with Crippen LogP contribution < -0.4 is 10.1 Å². The van der Waals surface area contributed by atoms with Gasteiger partial charge >= 0.3 is 12.6 Å². The minimum absolute atomic E-state index is 0.0592. The zero-order chi connectivity index (χ0) is 19.1. The highest BCUT2D eigenvalue weighted by Gasteiger charge is 2.14. The summed E-state index contributed by atoms with van der Waals surface area (Å²) in [5, 5.41) is 2.03. The molecule has 1 N–H and O–H groups in total. The third kappa shape index (κ3) is 6.06. The van der Waals surface area contributed by atoms with Gasteiger partial charge in [-0.3, -0.25) is 14.9 Å². The molecule has 9 heteroatoms. The summed E-state index contributed by atoms with van der Waals surface area (Å²) in [6.07, 6.45) is 0. The normalized spacial score (nSPS) is 10.3. The smallest absolute Gasteiger partial charge is 0.387 e. The molecule has 0 saturated heterocycles. The van der Waals surface area contributed by atoms with Gasteiger partial charge in [0.15, 0.2) is 6.61 Å². The van der Waals surface area contributed by atoms with Crippen LogP contribution in [0.5, 0.6) is 5.75 Å². The molecular formula is C17H12F2INO5. The number of ether oxygens (including phenoxy) is 2. The van der Waals surface area contributed by atoms with E-state index in [1.165, 1.54) is 30.3 Å². The summed E-state index contributed by atoms with van der Waals surface area (Å²) >= 11 is 2.03. The summed E-state index contributed by atoms with van der Waals surface area (Å²) in [6, 6.07) is 11.4. The van der Waals surface area contributed by atoms with Gasteiger partial charge in [0.05, 0.1) is 5.56 Å². The van der Waals surface area contributed by atoms with Gasteiger partial charge in [-0.1, -0.05) is 6.07 Å². The molecule has 0 aromatic heterocycles. The van der Waals surface area contributed by atoms with Crippen LogP contribution >= 0.6 is 22.6 Å². The van der Waals surface area contributed by atoms with Crippen LogP contribution in [0.1, 0.15) is 20.7 Å². The van der Waals surface area contributed by atoms with Crippen molar-refractivity contribution < 1.29 is 32.6 Å². The number of imide groups is 1. The van der Waals surface area contributed by atoms with Crippen molar-refractivity contribution >= 4 is 40.4 Å². The fraction of sp³-hybridized carbons (Fsp3) is 0.118. The molecule has 2 amide bonds. The first-order valence-corrected chi connectivity index (χ1v) is 8.25. The molecule has 136 valence electrons. The van der Waals surface area contributed by atoms with Gasteiger partial charge in [-0.2, -0.15) is 8.78 Å². The molecule has 26 heavy (non-hydrogen) atoms. The second-order valence-corrected chi connectivity index (χ2v) is 6.11. The summed E-state index contributed by atoms with van der Waals surface area (Å²) in [5.41, 5.74) is 0.342. The summed E-state index contributed by atoms with van der Waals surface area (Å²) in [7, 11) is 0. The Morgan fingerprint density at radius 1 is 1.04 bits per heavy atom. The molecule has 0 atom stereocenters. The van der Waals surface area contributed by atoms with E-state index < -0.39 is 31.0 Å². The summed E-state index contributed by atoms with van der Waals surface area (Å²) in [4.78, 5) is 35.4. The van der Waals surface area contributed by atoms with E-state index >= 15 is 0 Å². The minimum atomic E-state index is -2.97. The zero-order valence-corrected chi connectivity index (χ0v) is 15.2. The third-order valence-corrected chi connectivity index (χ3v) is 3.66. The van der Waals surface area contributed by atoms with Crippen molar-refractivity contribution in [2.45, 2.75) is 6.61 Å². The minimum Gasteiger partial charge on any atom is -0.452 e. The van der Waals surface area contributed by atoms with E-state index in [0.717, 1.165) is 3.57 Å². The molecule has 0 aliphatic heterocycles. The highest BCUT2D eigenvalue weighted by molar-refractivity contribution is 14.1. The van der Waals surface area contributed by atoms with Crippen molar-refractivity contribution in [2.24, 2.45) is 0 Å². The lowest BCUT2D eigenvalue weighted by Crippen LogP contribution is -2.34. The number of carbonyl (C=O) groups excluding carboxylic acids is 3. The zero-order valence-electron chi connectivity index (χ0n) is 13.1. The van der Waals surface area contributed by atoms with E-state index in [2.05, 4.69) is 4.74 Å². The van der Waals surface area contributed by atoms with E-state index in [9.17, 15) is 23.2 Å². The molecule has 2 rings (SSSR count). The van der Waals surface area contributed by atoms with Crippen LogP contribution in [0.3, 0.4) is 0 Å². The van der Waals surface area contributed by atoms with Gasteiger partial charge in [0.1, 0.15) is 5.75 Å². The molecule has 0 fully saturated rings. The SMILES string of the molecule is O=C(COC(=O)c1cccc(I)c1)NC(=O)c1ccc(OC(F)F)cc1. The van der Waals surface area contributed by atoms with E-state index in [-0.39, 0.29) is 16.9 Å². The van der Waals surface area contributed by atoms with Crippen LogP contribution in [0, 0.1) is 3.57 Å². The molecule has 0 aliphatic rings. The summed E-state index contributed by atoms with van der Waals surface area (Å²) in [5.74, 6) is -2.39. The number of hydrogen-bond acceptors (Lipinski definition) is 5. The molecule has 0 unspecified atom stereocenters. The van der Waals surface area contributed by atoms with Gasteiger partial charge in [0, 0.05) is 9.13 Å². The topological polar surface area (TPSA) is 81.7 Å². The van der Waals surface area contributed by atoms with Crippen LogP contribution in [0.25, 0.3) is 0 Å². The Kier molecular flexibility index (Phi) is 7.01. The van der Waals surface area contributed by atoms with Crippen LogP contribution in [0.2, 0.25) is 0 Å². The second kappa shape index (κ2) is 9.22. The Bertz CT molecular complexity index is 811. The average Bonchev–Trinajstić information content (AvgIpc) is 2.59. The molecule has 0 aliphatic carbocycles. The number of benzene rings is 2. The predicted molar refractivity (Wildman–Crippen MR) is 95.0 cm³/mol. The van der Waals surface area contributed by atoms with Crippen LogP contribution in [0.4, 0.5) is 8.78 Å². The standard InChI is InChI=1S/C17H12F2INO5/c18-17(19)26-13-6-4-10(5-7-13)15(23)21-14(22)9-25-16(24)11-2-1-3-12(20)8-11/h1-8,17H,9H2,(H,21,22,23). The molecule has 2 aromatic rings. The fourth-order valence-corrected chi connectivity index (χ4v) is 2.40. The quantitative estimate of drug-likeness (QED) is 0.514. The Morgan fingerprint density at radius 3 is 2.35 bits per heavy atom. The van der Waals surface area contributed by atoms with Crippen molar-refractivity contribution in [1.82, 2.24) is 5.32 Å². The van der Waals surface area contributed by atoms with E-state index in [4.69, 9.17) is 4.74 Å². The number of nitrogens with one attached hydrogen (secondary N) is 1. The monoisotopic (exact) mass is 475 g/mol. The predicted octanol–water partition coefficient (Wildman–Crippen LogP) is 3.01. The first kappa shape index (κ1) is 19.8. The molecule has 2 aromatic carbocycles. The molecule has 0 heterocycles. The van der Waals surface area contributed by atoms with Crippen molar-refractivity contribution in [2.75, 3.05) is 6.61 Å². The third-order valence-electron chi connectivity index (χ3n) is 2.99. The molecule has 0 saturated carbocycles. The van der Waals surface area contributed by atoms with E-state index in [1.807, 2.05) is 27.9 Å². The largest absolute Gasteiger partial charge is 0.452 e. The average molecular weight is 475 g/mol. The maximum atomic E-state index is 12.1. The molecule has 6 nitrogen and oxygen atoms in total. The van der Waals surface area contributed by atoms with Gasteiger partial charge < -0.3 is 9.47 Å². The van der Waals surface area contributed by atoms with Crippen LogP contribution in [-0.4, -0.2) is 31.0 Å². The second-order valence-electron chi connectivity index (χ2n) is 4.87. The molecular weight excluding hydrogens is 463 g/mol. The van der Waals surface area contributed by atoms with Crippen LogP contribution in [0.15, 0.2) is 48.5 Å². The fourth-order valence-electron chi connectivity index (χ4n) is 1.85. The first-order chi connectivity index (χ1) is 12.3. The van der Waals surface area contributed by atoms with Gasteiger partial charge in [-0.15, -0.1) is 0 Å². The maximum Gasteiger partial charge on any atom is 0.387 e. The molecule has 0 spiro atoms. The molecule has 0 bridgehead atoms. The van der Waals surface area contributed by atoms with E-state index in [0.29, 0.717) is 0 Å². The van der Waals surface area contributed by atoms with Gasteiger partial charge in [0.2, 0.25) is 0 Å². The van der Waals surface area contributed by atoms with Crippen molar-refractivity contribution in [3.63, 3.8) is 0 Å². The highest BCUT2D eigenvalue weighted by atomic mass is 127. The maximum absolute atomic E-state index is 12.1. The van der Waals surface area contributed by atoms with Crippen LogP contribution in [-0.2, 0) is 9.53 Å². The number of rotatable bonds is 6. The first-order valence-electron chi connectivity index (χ1n) is 7.17. The van der Waals surface area contributed by atoms with Crippen molar-refractivity contribution in [1.29, 1.82) is 0 Å². The van der Waals surface area contributed by atoms with Crippen molar-refractivity contribution in [3.05, 3.63) is 63.2 Å².